The smallest absolute Gasteiger partial charge is 0.0325 e. The number of hydrogen-bond acceptors (Lipinski definition) is 0. The van der Waals surface area contributed by atoms with Crippen LogP contribution in [0, 0.1) is 40.4 Å². The molecule has 0 aromatic rings. The van der Waals surface area contributed by atoms with Crippen LogP contribution in [-0.2, 0) is 0 Å². The molecule has 4 atom stereocenters. The van der Waals surface area contributed by atoms with Crippen LogP contribution in [0.2, 0.25) is 0 Å². The van der Waals surface area contributed by atoms with Crippen molar-refractivity contribution in [3.8, 4) is 0 Å². The Hall–Kier alpha value is 0.480. The van der Waals surface area contributed by atoms with Gasteiger partial charge >= 0.3 is 0 Å². The lowest BCUT2D eigenvalue weighted by Gasteiger charge is -2.77. The molecule has 0 aromatic heterocycles. The molecule has 7 aliphatic rings. The molecule has 0 heterocycles. The molecule has 7 rings (SSSR count). The van der Waals surface area contributed by atoms with Crippen LogP contribution in [-0.4, -0.2) is 4.32 Å². The van der Waals surface area contributed by atoms with Gasteiger partial charge in [0, 0.05) is 4.32 Å². The van der Waals surface area contributed by atoms with Crippen LogP contribution < -0.4 is 0 Å². The first-order chi connectivity index (χ1) is 7.93. The third kappa shape index (κ3) is 0.977. The first-order valence-electron chi connectivity index (χ1n) is 7.62. The predicted molar refractivity (Wildman–Crippen MR) is 73.0 cm³/mol. The van der Waals surface area contributed by atoms with Crippen LogP contribution in [0.3, 0.4) is 0 Å². The molecule has 0 radical (unpaired) electrons. The molecule has 7 fully saturated rings. The maximum Gasteiger partial charge on any atom is 0.0325 e. The summed E-state index contributed by atoms with van der Waals surface area (Å²) in [6.07, 6.45) is 9.28. The summed E-state index contributed by atoms with van der Waals surface area (Å²) in [5.41, 5.74) is 1.43. The molecule has 0 saturated heterocycles. The van der Waals surface area contributed by atoms with E-state index in [9.17, 15) is 0 Å². The van der Waals surface area contributed by atoms with Crippen LogP contribution >= 0.6 is 15.9 Å². The van der Waals surface area contributed by atoms with E-state index < -0.39 is 0 Å². The largest absolute Gasteiger partial charge is 0.0847 e. The van der Waals surface area contributed by atoms with Crippen molar-refractivity contribution in [3.63, 3.8) is 0 Å². The van der Waals surface area contributed by atoms with E-state index in [1.54, 1.807) is 32.1 Å². The molecule has 0 aliphatic heterocycles. The topological polar surface area (TPSA) is 0 Å². The zero-order valence-electron chi connectivity index (χ0n) is 11.0. The summed E-state index contributed by atoms with van der Waals surface area (Å²) in [6, 6.07) is 0. The molecule has 0 nitrogen and oxygen atoms in total. The summed E-state index contributed by atoms with van der Waals surface area (Å²) < 4.78 is 0.573. The highest BCUT2D eigenvalue weighted by atomic mass is 79.9. The van der Waals surface area contributed by atoms with Gasteiger partial charge in [-0.3, -0.25) is 0 Å². The van der Waals surface area contributed by atoms with Gasteiger partial charge in [0.2, 0.25) is 0 Å². The van der Waals surface area contributed by atoms with Crippen molar-refractivity contribution < 1.29 is 0 Å². The summed E-state index contributed by atoms with van der Waals surface area (Å²) in [5, 5.41) is 0. The van der Waals surface area contributed by atoms with E-state index in [0.717, 1.165) is 35.0 Å². The van der Waals surface area contributed by atoms with Crippen molar-refractivity contribution in [2.75, 3.05) is 0 Å². The van der Waals surface area contributed by atoms with Gasteiger partial charge in [-0.25, -0.2) is 0 Å². The molecule has 0 amide bonds. The van der Waals surface area contributed by atoms with Crippen molar-refractivity contribution in [2.45, 2.75) is 56.7 Å². The molecular weight excluding hydrogens is 272 g/mol. The van der Waals surface area contributed by atoms with Gasteiger partial charge < -0.3 is 0 Å². The number of rotatable bonds is 0. The highest BCUT2D eigenvalue weighted by Gasteiger charge is 2.73. The van der Waals surface area contributed by atoms with Gasteiger partial charge in [-0.1, -0.05) is 29.8 Å². The predicted octanol–water partition coefficient (Wildman–Crippen LogP) is 4.62. The van der Waals surface area contributed by atoms with Gasteiger partial charge in [0.25, 0.3) is 0 Å². The fourth-order valence-electron chi connectivity index (χ4n) is 7.60. The summed E-state index contributed by atoms with van der Waals surface area (Å²) in [6.45, 7) is 5.19. The first kappa shape index (κ1) is 10.3. The van der Waals surface area contributed by atoms with E-state index >= 15 is 0 Å². The summed E-state index contributed by atoms with van der Waals surface area (Å²) in [7, 11) is 0. The molecular formula is C16H23Br. The van der Waals surface area contributed by atoms with E-state index in [0.29, 0.717) is 9.74 Å². The fourth-order valence-corrected chi connectivity index (χ4v) is 9.28. The van der Waals surface area contributed by atoms with Gasteiger partial charge in [0.05, 0.1) is 0 Å². The summed E-state index contributed by atoms with van der Waals surface area (Å²) in [5.74, 6) is 5.38. The van der Waals surface area contributed by atoms with Gasteiger partial charge in [-0.05, 0) is 78.9 Å². The van der Waals surface area contributed by atoms with E-state index in [1.807, 2.05) is 0 Å². The Kier molecular flexibility index (Phi) is 1.53. The van der Waals surface area contributed by atoms with E-state index in [-0.39, 0.29) is 0 Å². The molecule has 1 heteroatoms. The number of alkyl halides is 1. The quantitative estimate of drug-likeness (QED) is 0.572. The maximum atomic E-state index is 4.31. The van der Waals surface area contributed by atoms with Crippen LogP contribution in [0.15, 0.2) is 0 Å². The average Bonchev–Trinajstić information content (AvgIpc) is 2.23. The Labute approximate surface area is 113 Å². The third-order valence-corrected chi connectivity index (χ3v) is 9.13. The molecule has 0 N–H and O–H groups in total. The van der Waals surface area contributed by atoms with Gasteiger partial charge in [0.1, 0.15) is 0 Å². The van der Waals surface area contributed by atoms with Gasteiger partial charge in [0.15, 0.2) is 0 Å². The maximum absolute atomic E-state index is 4.31. The molecule has 0 spiro atoms. The SMILES string of the molecule is CC12CC3C4CC5(C)CC3C(C1)C(Br)(C5)C4C2. The zero-order valence-corrected chi connectivity index (χ0v) is 12.6. The van der Waals surface area contributed by atoms with Crippen LogP contribution in [0.1, 0.15) is 52.4 Å². The highest BCUT2D eigenvalue weighted by Crippen LogP contribution is 2.79. The van der Waals surface area contributed by atoms with Gasteiger partial charge in [-0.2, -0.15) is 0 Å². The Morgan fingerprint density at radius 1 is 0.765 bits per heavy atom. The summed E-state index contributed by atoms with van der Waals surface area (Å²) >= 11 is 4.31. The molecule has 17 heavy (non-hydrogen) atoms. The van der Waals surface area contributed by atoms with E-state index in [1.165, 1.54) is 6.42 Å². The summed E-state index contributed by atoms with van der Waals surface area (Å²) in [4.78, 5) is 0. The Balaban J connectivity index is 1.72. The lowest BCUT2D eigenvalue weighted by Crippen LogP contribution is -2.72. The fraction of sp³-hybridized carbons (Fsp3) is 1.00. The Bertz CT molecular complexity index is 388. The van der Waals surface area contributed by atoms with Crippen molar-refractivity contribution in [1.29, 1.82) is 0 Å². The molecule has 94 valence electrons. The monoisotopic (exact) mass is 294 g/mol. The van der Waals surface area contributed by atoms with E-state index in [4.69, 9.17) is 0 Å². The average molecular weight is 295 g/mol. The molecule has 8 bridgehead atoms. The van der Waals surface area contributed by atoms with Crippen molar-refractivity contribution in [2.24, 2.45) is 40.4 Å². The van der Waals surface area contributed by atoms with Gasteiger partial charge in [-0.15, -0.1) is 0 Å². The zero-order chi connectivity index (χ0) is 11.6. The molecule has 7 aliphatic carbocycles. The lowest BCUT2D eigenvalue weighted by molar-refractivity contribution is -0.233. The minimum absolute atomic E-state index is 0.573. The third-order valence-electron chi connectivity index (χ3n) is 7.68. The second kappa shape index (κ2) is 2.53. The standard InChI is InChI=1S/C16H23Br/c1-14-3-9-10-4-15(2)5-11(9)13(7-14)16(17,8-15)12(10)6-14/h9-13H,3-8H2,1-2H3. The van der Waals surface area contributed by atoms with Crippen LogP contribution in [0.25, 0.3) is 0 Å². The lowest BCUT2D eigenvalue weighted by atomic mass is 9.31. The number of halogens is 1. The normalized spacial score (nSPS) is 74.6. The number of hydrogen-bond donors (Lipinski definition) is 0. The minimum Gasteiger partial charge on any atom is -0.0847 e. The second-order valence-electron chi connectivity index (χ2n) is 8.95. The molecule has 4 unspecified atom stereocenters. The van der Waals surface area contributed by atoms with Crippen LogP contribution in [0.5, 0.6) is 0 Å². The Morgan fingerprint density at radius 2 is 1.29 bits per heavy atom. The Morgan fingerprint density at radius 3 is 1.88 bits per heavy atom. The van der Waals surface area contributed by atoms with Crippen LogP contribution in [0.4, 0.5) is 0 Å². The highest BCUT2D eigenvalue weighted by molar-refractivity contribution is 9.10. The molecule has 0 aromatic carbocycles. The van der Waals surface area contributed by atoms with Crippen molar-refractivity contribution in [3.05, 3.63) is 0 Å². The van der Waals surface area contributed by atoms with E-state index in [2.05, 4.69) is 29.8 Å². The van der Waals surface area contributed by atoms with Crippen molar-refractivity contribution >= 4 is 15.9 Å². The minimum atomic E-state index is 0.573. The first-order valence-corrected chi connectivity index (χ1v) is 8.41. The second-order valence-corrected chi connectivity index (χ2v) is 10.4. The molecule has 7 saturated carbocycles. The van der Waals surface area contributed by atoms with Crippen molar-refractivity contribution in [1.82, 2.24) is 0 Å².